The van der Waals surface area contributed by atoms with Crippen LogP contribution >= 0.6 is 11.6 Å². The van der Waals surface area contributed by atoms with E-state index < -0.39 is 16.7 Å². The number of hydrogen-bond acceptors (Lipinski definition) is 5. The van der Waals surface area contributed by atoms with E-state index in [1.54, 1.807) is 0 Å². The summed E-state index contributed by atoms with van der Waals surface area (Å²) >= 11 is 5.98. The molecule has 0 unspecified atom stereocenters. The van der Waals surface area contributed by atoms with Gasteiger partial charge in [-0.05, 0) is 30.7 Å². The van der Waals surface area contributed by atoms with Crippen molar-refractivity contribution in [2.45, 2.75) is 13.3 Å². The highest BCUT2D eigenvalue weighted by Crippen LogP contribution is 2.28. The molecular weight excluding hydrogens is 374 g/mol. The fourth-order valence-electron chi connectivity index (χ4n) is 2.78. The molecule has 1 aliphatic rings. The molecule has 0 fully saturated rings. The molecule has 9 heteroatoms. The fraction of sp³-hybridized carbons (Fsp3) is 0.167. The molecule has 0 saturated carbocycles. The molecule has 0 radical (unpaired) electrons. The van der Waals surface area contributed by atoms with Crippen LogP contribution in [-0.2, 0) is 0 Å². The summed E-state index contributed by atoms with van der Waals surface area (Å²) in [5.74, 6) is -1.43. The third kappa shape index (κ3) is 3.39. The molecule has 138 valence electrons. The van der Waals surface area contributed by atoms with E-state index in [4.69, 9.17) is 11.6 Å². The maximum Gasteiger partial charge on any atom is 0.271 e. The van der Waals surface area contributed by atoms with Gasteiger partial charge in [0.25, 0.3) is 23.4 Å². The molecule has 2 aromatic rings. The van der Waals surface area contributed by atoms with Crippen LogP contribution < -0.4 is 5.32 Å². The van der Waals surface area contributed by atoms with Gasteiger partial charge >= 0.3 is 0 Å². The van der Waals surface area contributed by atoms with E-state index >= 15 is 0 Å². The molecule has 3 amide bonds. The van der Waals surface area contributed by atoms with Crippen LogP contribution in [0.5, 0.6) is 0 Å². The number of carbonyl (C=O) groups is 3. The molecule has 1 aliphatic heterocycles. The van der Waals surface area contributed by atoms with E-state index in [1.807, 2.05) is 6.92 Å². The van der Waals surface area contributed by atoms with Crippen molar-refractivity contribution in [1.29, 1.82) is 0 Å². The van der Waals surface area contributed by atoms with E-state index in [0.29, 0.717) is 13.0 Å². The zero-order valence-corrected chi connectivity index (χ0v) is 14.9. The number of nitrogens with zero attached hydrogens (tertiary/aromatic N) is 2. The van der Waals surface area contributed by atoms with Crippen LogP contribution in [0.4, 0.5) is 11.4 Å². The number of non-ortho nitro benzene ring substituents is 1. The molecule has 2 aromatic carbocycles. The van der Waals surface area contributed by atoms with E-state index in [-0.39, 0.29) is 39.0 Å². The first-order valence-corrected chi connectivity index (χ1v) is 8.46. The minimum atomic E-state index is -0.603. The maximum absolute atomic E-state index is 12.5. The van der Waals surface area contributed by atoms with Crippen LogP contribution in [0.2, 0.25) is 5.02 Å². The van der Waals surface area contributed by atoms with Gasteiger partial charge in [0, 0.05) is 24.2 Å². The monoisotopic (exact) mass is 387 g/mol. The molecule has 0 saturated heterocycles. The second kappa shape index (κ2) is 7.16. The van der Waals surface area contributed by atoms with Crippen LogP contribution in [0.25, 0.3) is 0 Å². The minimum Gasteiger partial charge on any atom is -0.320 e. The van der Waals surface area contributed by atoms with Crippen molar-refractivity contribution in [1.82, 2.24) is 4.90 Å². The van der Waals surface area contributed by atoms with Crippen molar-refractivity contribution in [3.63, 3.8) is 0 Å². The Bertz CT molecular complexity index is 989. The van der Waals surface area contributed by atoms with Gasteiger partial charge in [0.2, 0.25) is 0 Å². The molecule has 3 rings (SSSR count). The Labute approximate surface area is 158 Å². The Kier molecular flexibility index (Phi) is 4.91. The smallest absolute Gasteiger partial charge is 0.271 e. The van der Waals surface area contributed by atoms with Crippen LogP contribution in [-0.4, -0.2) is 34.1 Å². The summed E-state index contributed by atoms with van der Waals surface area (Å²) in [6, 6.07) is 7.86. The topological polar surface area (TPSA) is 110 Å². The number of fused-ring (bicyclic) bond motifs is 1. The lowest BCUT2D eigenvalue weighted by molar-refractivity contribution is -0.384. The Morgan fingerprint density at radius 3 is 2.52 bits per heavy atom. The van der Waals surface area contributed by atoms with E-state index in [0.717, 1.165) is 11.0 Å². The second-order valence-corrected chi connectivity index (χ2v) is 6.30. The minimum absolute atomic E-state index is 0.0753. The fourth-order valence-corrected chi connectivity index (χ4v) is 2.94. The lowest BCUT2D eigenvalue weighted by Crippen LogP contribution is -2.30. The van der Waals surface area contributed by atoms with Gasteiger partial charge in [0.1, 0.15) is 0 Å². The predicted octanol–water partition coefficient (Wildman–Crippen LogP) is 3.51. The van der Waals surface area contributed by atoms with Crippen molar-refractivity contribution in [2.75, 3.05) is 11.9 Å². The van der Waals surface area contributed by atoms with Gasteiger partial charge in [0.05, 0.1) is 26.8 Å². The highest BCUT2D eigenvalue weighted by Gasteiger charge is 2.35. The normalized spacial score (nSPS) is 12.9. The number of carbonyl (C=O) groups excluding carboxylic acids is 3. The first-order valence-electron chi connectivity index (χ1n) is 8.09. The van der Waals surface area contributed by atoms with Crippen LogP contribution in [0.1, 0.15) is 44.4 Å². The van der Waals surface area contributed by atoms with E-state index in [2.05, 4.69) is 5.32 Å². The maximum atomic E-state index is 12.5. The zero-order chi connectivity index (χ0) is 19.7. The quantitative estimate of drug-likeness (QED) is 0.479. The lowest BCUT2D eigenvalue weighted by Gasteiger charge is -2.11. The number of nitro groups is 1. The van der Waals surface area contributed by atoms with Gasteiger partial charge in [-0.15, -0.1) is 0 Å². The Morgan fingerprint density at radius 2 is 1.85 bits per heavy atom. The second-order valence-electron chi connectivity index (χ2n) is 5.90. The first kappa shape index (κ1) is 18.5. The number of imide groups is 1. The van der Waals surface area contributed by atoms with Gasteiger partial charge in [-0.1, -0.05) is 18.5 Å². The number of rotatable bonds is 5. The van der Waals surface area contributed by atoms with Crippen molar-refractivity contribution in [2.24, 2.45) is 0 Å². The van der Waals surface area contributed by atoms with Gasteiger partial charge in [-0.2, -0.15) is 0 Å². The average Bonchev–Trinajstić information content (AvgIpc) is 2.88. The Morgan fingerprint density at radius 1 is 1.15 bits per heavy atom. The molecule has 0 aromatic heterocycles. The largest absolute Gasteiger partial charge is 0.320 e. The molecule has 8 nitrogen and oxygen atoms in total. The summed E-state index contributed by atoms with van der Waals surface area (Å²) in [5.41, 5.74) is 0.395. The number of nitro benzene ring substituents is 1. The number of benzene rings is 2. The summed E-state index contributed by atoms with van der Waals surface area (Å²) in [6.45, 7) is 2.16. The molecule has 0 atom stereocenters. The molecule has 1 N–H and O–H groups in total. The van der Waals surface area contributed by atoms with E-state index in [9.17, 15) is 24.5 Å². The summed E-state index contributed by atoms with van der Waals surface area (Å²) < 4.78 is 0. The third-order valence-corrected chi connectivity index (χ3v) is 4.42. The first-order chi connectivity index (χ1) is 12.8. The number of halogens is 1. The van der Waals surface area contributed by atoms with E-state index in [1.165, 1.54) is 30.3 Å². The zero-order valence-electron chi connectivity index (χ0n) is 14.2. The summed E-state index contributed by atoms with van der Waals surface area (Å²) in [7, 11) is 0. The van der Waals surface area contributed by atoms with Gasteiger partial charge < -0.3 is 5.32 Å². The SMILES string of the molecule is CCCN1C(=O)c2ccc(C(=O)Nc3cc([N+](=O)[O-])ccc3Cl)cc2C1=O. The van der Waals surface area contributed by atoms with Gasteiger partial charge in [-0.3, -0.25) is 29.4 Å². The molecule has 1 heterocycles. The molecule has 0 aliphatic carbocycles. The Hall–Kier alpha value is -3.26. The van der Waals surface area contributed by atoms with Gasteiger partial charge in [0.15, 0.2) is 0 Å². The standard InChI is InChI=1S/C18H14ClN3O5/c1-2-7-21-17(24)12-5-3-10(8-13(12)18(21)25)16(23)20-15-9-11(22(26)27)4-6-14(15)19/h3-6,8-9H,2,7H2,1H3,(H,20,23). The third-order valence-electron chi connectivity index (χ3n) is 4.09. The van der Waals surface area contributed by atoms with Crippen molar-refractivity contribution in [3.05, 3.63) is 68.2 Å². The molecule has 0 spiro atoms. The summed E-state index contributed by atoms with van der Waals surface area (Å²) in [6.07, 6.45) is 0.629. The molecular formula is C18H14ClN3O5. The van der Waals surface area contributed by atoms with Crippen molar-refractivity contribution in [3.8, 4) is 0 Å². The van der Waals surface area contributed by atoms with Crippen molar-refractivity contribution < 1.29 is 19.3 Å². The predicted molar refractivity (Wildman–Crippen MR) is 98.2 cm³/mol. The highest BCUT2D eigenvalue weighted by atomic mass is 35.5. The van der Waals surface area contributed by atoms with Crippen LogP contribution in [0.3, 0.4) is 0 Å². The number of nitrogens with one attached hydrogen (secondary N) is 1. The van der Waals surface area contributed by atoms with Crippen molar-refractivity contribution >= 4 is 40.7 Å². The summed E-state index contributed by atoms with van der Waals surface area (Å²) in [4.78, 5) is 48.5. The average molecular weight is 388 g/mol. The number of amides is 3. The lowest BCUT2D eigenvalue weighted by atomic mass is 10.1. The number of anilines is 1. The molecule has 27 heavy (non-hydrogen) atoms. The molecule has 0 bridgehead atoms. The number of hydrogen-bond donors (Lipinski definition) is 1. The van der Waals surface area contributed by atoms with Crippen LogP contribution in [0.15, 0.2) is 36.4 Å². The summed E-state index contributed by atoms with van der Waals surface area (Å²) in [5, 5.41) is 13.5. The Balaban J connectivity index is 1.88. The van der Waals surface area contributed by atoms with Gasteiger partial charge in [-0.25, -0.2) is 0 Å². The van der Waals surface area contributed by atoms with Crippen LogP contribution in [0, 0.1) is 10.1 Å². The highest BCUT2D eigenvalue weighted by molar-refractivity contribution is 6.34.